The van der Waals surface area contributed by atoms with E-state index in [-0.39, 0.29) is 11.6 Å². The van der Waals surface area contributed by atoms with E-state index in [1.807, 2.05) is 19.9 Å². The molecule has 0 saturated carbocycles. The number of aromatic nitrogens is 3. The highest BCUT2D eigenvalue weighted by Crippen LogP contribution is 2.39. The molecule has 1 aliphatic carbocycles. The number of benzene rings is 2. The molecule has 5 aromatic rings. The predicted octanol–water partition coefficient (Wildman–Crippen LogP) is 7.59. The third kappa shape index (κ3) is 3.80. The maximum absolute atomic E-state index is 14.1. The molecule has 2 aromatic carbocycles. The molecule has 0 unspecified atom stereocenters. The van der Waals surface area contributed by atoms with Crippen molar-refractivity contribution in [2.24, 2.45) is 0 Å². The fourth-order valence-electron chi connectivity index (χ4n) is 4.76. The number of halogens is 2. The molecule has 0 saturated heterocycles. The van der Waals surface area contributed by atoms with Gasteiger partial charge in [0.2, 0.25) is 0 Å². The van der Waals surface area contributed by atoms with E-state index in [2.05, 4.69) is 0 Å². The monoisotopic (exact) mass is 521 g/mol. The van der Waals surface area contributed by atoms with Crippen LogP contribution in [0.1, 0.15) is 34.5 Å². The molecule has 35 heavy (non-hydrogen) atoms. The smallest absolute Gasteiger partial charge is 0.310 e. The molecule has 0 amide bonds. The van der Waals surface area contributed by atoms with Gasteiger partial charge in [0.05, 0.1) is 22.3 Å². The third-order valence-electron chi connectivity index (χ3n) is 6.50. The lowest BCUT2D eigenvalue weighted by atomic mass is 9.96. The molecule has 176 valence electrons. The fraction of sp³-hybridized carbons (Fsp3) is 0.222. The molecule has 6 rings (SSSR count). The maximum atomic E-state index is 14.1. The van der Waals surface area contributed by atoms with E-state index < -0.39 is 0 Å². The summed E-state index contributed by atoms with van der Waals surface area (Å²) in [5.41, 5.74) is 3.86. The average molecular weight is 522 g/mol. The van der Waals surface area contributed by atoms with E-state index in [1.165, 1.54) is 21.4 Å². The van der Waals surface area contributed by atoms with Gasteiger partial charge < -0.3 is 4.74 Å². The third-order valence-corrected chi connectivity index (χ3v) is 8.36. The zero-order valence-corrected chi connectivity index (χ0v) is 21.5. The van der Waals surface area contributed by atoms with E-state index in [0.717, 1.165) is 35.0 Å². The molecule has 0 spiro atoms. The van der Waals surface area contributed by atoms with Crippen LogP contribution >= 0.6 is 34.5 Å². The second-order valence-corrected chi connectivity index (χ2v) is 10.8. The van der Waals surface area contributed by atoms with E-state index in [0.29, 0.717) is 38.1 Å². The summed E-state index contributed by atoms with van der Waals surface area (Å²) in [6.07, 6.45) is 4.33. The summed E-state index contributed by atoms with van der Waals surface area (Å²) >= 11 is 14.1. The highest BCUT2D eigenvalue weighted by molar-refractivity contribution is 7.19. The molecule has 0 bridgehead atoms. The Balaban J connectivity index is 1.69. The largest absolute Gasteiger partial charge is 0.425 e. The molecule has 8 heteroatoms. The predicted molar refractivity (Wildman–Crippen MR) is 143 cm³/mol. The number of thiophene rings is 1. The van der Waals surface area contributed by atoms with Gasteiger partial charge in [0.25, 0.3) is 5.56 Å². The van der Waals surface area contributed by atoms with Crippen LogP contribution in [0.4, 0.5) is 0 Å². The van der Waals surface area contributed by atoms with Crippen LogP contribution in [0, 0.1) is 13.8 Å². The van der Waals surface area contributed by atoms with Gasteiger partial charge in [0, 0.05) is 20.3 Å². The van der Waals surface area contributed by atoms with Crippen LogP contribution in [-0.2, 0) is 12.8 Å². The number of ether oxygens (including phenoxy) is 1. The van der Waals surface area contributed by atoms with Crippen LogP contribution in [0.15, 0.2) is 47.3 Å². The van der Waals surface area contributed by atoms with Crippen molar-refractivity contribution in [3.05, 3.63) is 84.6 Å². The second-order valence-electron chi connectivity index (χ2n) is 8.84. The summed E-state index contributed by atoms with van der Waals surface area (Å²) < 4.78 is 7.76. The van der Waals surface area contributed by atoms with Crippen LogP contribution in [0.3, 0.4) is 0 Å². The van der Waals surface area contributed by atoms with Gasteiger partial charge in [0.1, 0.15) is 10.6 Å². The van der Waals surface area contributed by atoms with E-state index >= 15 is 0 Å². The molecule has 3 heterocycles. The standard InChI is InChI=1S/C27H21Cl2N3O2S/c1-14-13-18(11-12-20(14)29)34-27-31-24-22(26(33)32(27)17-9-7-16(28)8-10-17)15(2)30-25-23(24)19-5-3-4-6-21(19)35-25/h7-13H,3-6H2,1-2H3. The van der Waals surface area contributed by atoms with Crippen molar-refractivity contribution in [2.75, 3.05) is 0 Å². The molecular formula is C27H21Cl2N3O2S. The molecular weight excluding hydrogens is 501 g/mol. The molecule has 1 aliphatic rings. The molecule has 5 nitrogen and oxygen atoms in total. The number of aryl methyl sites for hydroxylation is 4. The Morgan fingerprint density at radius 1 is 0.971 bits per heavy atom. The Kier molecular flexibility index (Phi) is 5.55. The summed E-state index contributed by atoms with van der Waals surface area (Å²) in [6, 6.07) is 12.6. The highest BCUT2D eigenvalue weighted by atomic mass is 35.5. The first-order chi connectivity index (χ1) is 16.9. The summed E-state index contributed by atoms with van der Waals surface area (Å²) in [7, 11) is 0. The number of fused-ring (bicyclic) bond motifs is 5. The topological polar surface area (TPSA) is 57.0 Å². The zero-order chi connectivity index (χ0) is 24.3. The SMILES string of the molecule is Cc1cc(Oc2nc3c(c(C)nc4sc5c(c43)CCCC5)c(=O)n2-c2ccc(Cl)cc2)ccc1Cl. The molecule has 0 atom stereocenters. The van der Waals surface area contributed by atoms with Gasteiger partial charge in [-0.05, 0) is 93.1 Å². The minimum absolute atomic E-state index is 0.189. The van der Waals surface area contributed by atoms with Crippen LogP contribution in [0.2, 0.25) is 10.0 Å². The van der Waals surface area contributed by atoms with Crippen molar-refractivity contribution in [2.45, 2.75) is 39.5 Å². The zero-order valence-electron chi connectivity index (χ0n) is 19.2. The first-order valence-electron chi connectivity index (χ1n) is 11.5. The van der Waals surface area contributed by atoms with E-state index in [9.17, 15) is 4.79 Å². The fourth-order valence-corrected chi connectivity index (χ4v) is 6.32. The van der Waals surface area contributed by atoms with Gasteiger partial charge in [-0.15, -0.1) is 11.3 Å². The lowest BCUT2D eigenvalue weighted by Crippen LogP contribution is -2.22. The summed E-state index contributed by atoms with van der Waals surface area (Å²) in [4.78, 5) is 26.2. The number of hydrogen-bond acceptors (Lipinski definition) is 5. The summed E-state index contributed by atoms with van der Waals surface area (Å²) in [5.74, 6) is 0.551. The number of nitrogens with zero attached hydrogens (tertiary/aromatic N) is 3. The van der Waals surface area contributed by atoms with Gasteiger partial charge in [0.15, 0.2) is 0 Å². The lowest BCUT2D eigenvalue weighted by molar-refractivity contribution is 0.427. The second kappa shape index (κ2) is 8.63. The molecule has 0 N–H and O–H groups in total. The van der Waals surface area contributed by atoms with Gasteiger partial charge >= 0.3 is 6.01 Å². The van der Waals surface area contributed by atoms with Gasteiger partial charge in [-0.25, -0.2) is 9.55 Å². The first kappa shape index (κ1) is 22.5. The Labute approximate surface area is 215 Å². The lowest BCUT2D eigenvalue weighted by Gasteiger charge is -2.16. The van der Waals surface area contributed by atoms with Gasteiger partial charge in [-0.2, -0.15) is 4.98 Å². The summed E-state index contributed by atoms with van der Waals surface area (Å²) in [5, 5.41) is 2.73. The summed E-state index contributed by atoms with van der Waals surface area (Å²) in [6.45, 7) is 3.78. The van der Waals surface area contributed by atoms with Crippen LogP contribution in [0.5, 0.6) is 11.8 Å². The van der Waals surface area contributed by atoms with Crippen molar-refractivity contribution in [3.63, 3.8) is 0 Å². The van der Waals surface area contributed by atoms with Crippen molar-refractivity contribution < 1.29 is 4.74 Å². The minimum atomic E-state index is -0.222. The van der Waals surface area contributed by atoms with Crippen LogP contribution in [-0.4, -0.2) is 14.5 Å². The van der Waals surface area contributed by atoms with Gasteiger partial charge in [-0.3, -0.25) is 4.79 Å². The van der Waals surface area contributed by atoms with E-state index in [1.54, 1.807) is 47.7 Å². The van der Waals surface area contributed by atoms with Crippen molar-refractivity contribution in [1.82, 2.24) is 14.5 Å². The Bertz CT molecular complexity index is 1690. The maximum Gasteiger partial charge on any atom is 0.310 e. The van der Waals surface area contributed by atoms with Crippen LogP contribution in [0.25, 0.3) is 26.8 Å². The number of hydrogen-bond donors (Lipinski definition) is 0. The van der Waals surface area contributed by atoms with Crippen LogP contribution < -0.4 is 10.3 Å². The Hall–Kier alpha value is -2.93. The highest BCUT2D eigenvalue weighted by Gasteiger charge is 2.24. The molecule has 0 fully saturated rings. The van der Waals surface area contributed by atoms with Crippen molar-refractivity contribution in [3.8, 4) is 17.4 Å². The first-order valence-corrected chi connectivity index (χ1v) is 13.1. The quantitative estimate of drug-likeness (QED) is 0.245. The number of rotatable bonds is 3. The minimum Gasteiger partial charge on any atom is -0.425 e. The Morgan fingerprint density at radius 2 is 1.74 bits per heavy atom. The molecule has 3 aromatic heterocycles. The van der Waals surface area contributed by atoms with Crippen molar-refractivity contribution >= 4 is 55.7 Å². The normalized spacial score (nSPS) is 13.4. The average Bonchev–Trinajstić information content (AvgIpc) is 3.20. The molecule has 0 radical (unpaired) electrons. The Morgan fingerprint density at radius 3 is 2.51 bits per heavy atom. The van der Waals surface area contributed by atoms with Gasteiger partial charge in [-0.1, -0.05) is 23.2 Å². The molecule has 0 aliphatic heterocycles. The van der Waals surface area contributed by atoms with E-state index in [4.69, 9.17) is 37.9 Å². The number of pyridine rings is 1. The van der Waals surface area contributed by atoms with Crippen molar-refractivity contribution in [1.29, 1.82) is 0 Å².